The van der Waals surface area contributed by atoms with Crippen molar-refractivity contribution in [1.82, 2.24) is 4.98 Å². The molecule has 8 heteroatoms. The summed E-state index contributed by atoms with van der Waals surface area (Å²) in [5, 5.41) is 2.98. The number of carbonyl (C=O) groups excluding carboxylic acids is 1. The number of oxazole rings is 1. The Morgan fingerprint density at radius 2 is 2.04 bits per heavy atom. The van der Waals surface area contributed by atoms with Crippen LogP contribution in [0.5, 0.6) is 0 Å². The fourth-order valence-corrected chi connectivity index (χ4v) is 3.75. The van der Waals surface area contributed by atoms with Gasteiger partial charge in [0, 0.05) is 37.0 Å². The Hall–Kier alpha value is -2.80. The van der Waals surface area contributed by atoms with Gasteiger partial charge in [-0.1, -0.05) is 11.6 Å². The Bertz CT molecular complexity index is 1070. The number of fused-ring (bicyclic) bond motifs is 1. The highest BCUT2D eigenvalue weighted by atomic mass is 35.5. The van der Waals surface area contributed by atoms with E-state index >= 15 is 0 Å². The smallest absolute Gasteiger partial charge is 0.408 e. The first-order valence-corrected chi connectivity index (χ1v) is 9.48. The number of piperidine rings is 1. The summed E-state index contributed by atoms with van der Waals surface area (Å²) in [6.45, 7) is 1.58. The topological polar surface area (TPSA) is 78.3 Å². The van der Waals surface area contributed by atoms with E-state index in [9.17, 15) is 14.0 Å². The summed E-state index contributed by atoms with van der Waals surface area (Å²) in [7, 11) is 0. The molecule has 0 radical (unpaired) electrons. The summed E-state index contributed by atoms with van der Waals surface area (Å²) in [5.74, 6) is -0.733. The van der Waals surface area contributed by atoms with Crippen molar-refractivity contribution in [2.45, 2.75) is 19.3 Å². The van der Waals surface area contributed by atoms with Crippen molar-refractivity contribution in [2.24, 2.45) is 5.92 Å². The molecule has 0 atom stereocenters. The van der Waals surface area contributed by atoms with Crippen LogP contribution in [0, 0.1) is 11.7 Å². The zero-order chi connectivity index (χ0) is 19.7. The number of aromatic nitrogens is 1. The van der Waals surface area contributed by atoms with Gasteiger partial charge in [-0.05, 0) is 49.1 Å². The molecule has 1 fully saturated rings. The molecule has 0 aliphatic carbocycles. The molecular weight excluding hydrogens is 385 g/mol. The molecule has 0 bridgehead atoms. The minimum atomic E-state index is -0.521. The maximum atomic E-state index is 13.3. The quantitative estimate of drug-likeness (QED) is 0.685. The van der Waals surface area contributed by atoms with Gasteiger partial charge < -0.3 is 14.6 Å². The number of benzene rings is 2. The SMILES string of the molecule is O=C(CC1CCN(c2ccc(F)c(Cl)c2)CC1)Nc1ccc2[nH]c(=O)oc2c1. The molecule has 0 unspecified atom stereocenters. The molecule has 0 saturated carbocycles. The predicted molar refractivity (Wildman–Crippen MR) is 106 cm³/mol. The van der Waals surface area contributed by atoms with Gasteiger partial charge in [0.05, 0.1) is 10.5 Å². The molecule has 146 valence electrons. The fraction of sp³-hybridized carbons (Fsp3) is 0.300. The molecule has 4 rings (SSSR count). The van der Waals surface area contributed by atoms with Crippen molar-refractivity contribution >= 4 is 40.0 Å². The second-order valence-electron chi connectivity index (χ2n) is 7.01. The van der Waals surface area contributed by atoms with Gasteiger partial charge in [-0.15, -0.1) is 0 Å². The highest BCUT2D eigenvalue weighted by Gasteiger charge is 2.22. The third kappa shape index (κ3) is 4.04. The highest BCUT2D eigenvalue weighted by molar-refractivity contribution is 6.31. The summed E-state index contributed by atoms with van der Waals surface area (Å²) in [4.78, 5) is 28.3. The Morgan fingerprint density at radius 1 is 1.25 bits per heavy atom. The molecule has 1 saturated heterocycles. The number of rotatable bonds is 4. The van der Waals surface area contributed by atoms with Crippen LogP contribution in [0.25, 0.3) is 11.1 Å². The molecule has 2 aromatic carbocycles. The molecule has 1 aliphatic heterocycles. The highest BCUT2D eigenvalue weighted by Crippen LogP contribution is 2.28. The van der Waals surface area contributed by atoms with Gasteiger partial charge in [0.2, 0.25) is 5.91 Å². The van der Waals surface area contributed by atoms with E-state index in [4.69, 9.17) is 16.0 Å². The number of anilines is 2. The number of amides is 1. The van der Waals surface area contributed by atoms with Crippen molar-refractivity contribution in [3.05, 3.63) is 57.8 Å². The largest absolute Gasteiger partial charge is 0.417 e. The zero-order valence-electron chi connectivity index (χ0n) is 15.0. The lowest BCUT2D eigenvalue weighted by atomic mass is 9.93. The van der Waals surface area contributed by atoms with Crippen molar-refractivity contribution in [3.8, 4) is 0 Å². The van der Waals surface area contributed by atoms with E-state index in [-0.39, 0.29) is 16.8 Å². The molecule has 6 nitrogen and oxygen atoms in total. The second kappa shape index (κ2) is 7.67. The Kier molecular flexibility index (Phi) is 5.09. The minimum absolute atomic E-state index is 0.0690. The maximum Gasteiger partial charge on any atom is 0.417 e. The average Bonchev–Trinajstić information content (AvgIpc) is 3.04. The van der Waals surface area contributed by atoms with Crippen LogP contribution < -0.4 is 16.0 Å². The average molecular weight is 404 g/mol. The van der Waals surface area contributed by atoms with E-state index in [1.54, 1.807) is 30.3 Å². The summed E-state index contributed by atoms with van der Waals surface area (Å²) in [6.07, 6.45) is 2.16. The Morgan fingerprint density at radius 3 is 2.79 bits per heavy atom. The van der Waals surface area contributed by atoms with Gasteiger partial charge in [0.25, 0.3) is 0 Å². The van der Waals surface area contributed by atoms with Gasteiger partial charge in [-0.3, -0.25) is 9.78 Å². The molecule has 0 spiro atoms. The molecule has 3 aromatic rings. The third-order valence-corrected chi connectivity index (χ3v) is 5.35. The summed E-state index contributed by atoms with van der Waals surface area (Å²) in [6, 6.07) is 9.80. The van der Waals surface area contributed by atoms with Gasteiger partial charge in [0.15, 0.2) is 5.58 Å². The predicted octanol–water partition coefficient (Wildman–Crippen LogP) is 4.16. The van der Waals surface area contributed by atoms with Crippen LogP contribution in [-0.2, 0) is 4.79 Å². The molecule has 2 N–H and O–H groups in total. The number of hydrogen-bond donors (Lipinski definition) is 2. The number of halogens is 2. The first-order valence-electron chi connectivity index (χ1n) is 9.10. The minimum Gasteiger partial charge on any atom is -0.408 e. The maximum absolute atomic E-state index is 13.3. The van der Waals surface area contributed by atoms with E-state index in [1.807, 2.05) is 0 Å². The van der Waals surface area contributed by atoms with E-state index in [1.165, 1.54) is 6.07 Å². The van der Waals surface area contributed by atoms with Gasteiger partial charge in [-0.2, -0.15) is 0 Å². The number of carbonyl (C=O) groups is 1. The first kappa shape index (κ1) is 18.6. The lowest BCUT2D eigenvalue weighted by Gasteiger charge is -2.33. The molecular formula is C20H19ClFN3O3. The van der Waals surface area contributed by atoms with Gasteiger partial charge in [-0.25, -0.2) is 9.18 Å². The van der Waals surface area contributed by atoms with Crippen LogP contribution >= 0.6 is 11.6 Å². The standard InChI is InChI=1S/C20H19ClFN3O3/c21-15-11-14(2-3-16(15)22)25-7-5-12(6-8-25)9-19(26)23-13-1-4-17-18(10-13)28-20(27)24-17/h1-4,10-12H,5-9H2,(H,23,26)(H,24,27). The van der Waals surface area contributed by atoms with Crippen molar-refractivity contribution in [1.29, 1.82) is 0 Å². The third-order valence-electron chi connectivity index (χ3n) is 5.06. The van der Waals surface area contributed by atoms with Crippen LogP contribution in [-0.4, -0.2) is 24.0 Å². The lowest BCUT2D eigenvalue weighted by molar-refractivity contribution is -0.117. The Balaban J connectivity index is 1.31. The number of hydrogen-bond acceptors (Lipinski definition) is 4. The molecule has 1 aromatic heterocycles. The number of aromatic amines is 1. The van der Waals surface area contributed by atoms with Crippen molar-refractivity contribution < 1.29 is 13.6 Å². The molecule has 1 amide bonds. The van der Waals surface area contributed by atoms with Crippen molar-refractivity contribution in [3.63, 3.8) is 0 Å². The monoisotopic (exact) mass is 403 g/mol. The van der Waals surface area contributed by atoms with E-state index in [0.29, 0.717) is 23.2 Å². The lowest BCUT2D eigenvalue weighted by Crippen LogP contribution is -2.34. The molecule has 2 heterocycles. The first-order chi connectivity index (χ1) is 13.5. The van der Waals surface area contributed by atoms with Gasteiger partial charge >= 0.3 is 5.76 Å². The van der Waals surface area contributed by atoms with Crippen molar-refractivity contribution in [2.75, 3.05) is 23.3 Å². The fourth-order valence-electron chi connectivity index (χ4n) is 3.57. The molecule has 28 heavy (non-hydrogen) atoms. The Labute approximate surface area is 165 Å². The summed E-state index contributed by atoms with van der Waals surface area (Å²) in [5.41, 5.74) is 2.50. The van der Waals surface area contributed by atoms with Crippen LogP contribution in [0.4, 0.5) is 15.8 Å². The normalized spacial score (nSPS) is 15.1. The summed E-state index contributed by atoms with van der Waals surface area (Å²) >= 11 is 5.86. The second-order valence-corrected chi connectivity index (χ2v) is 7.41. The van der Waals surface area contributed by atoms with E-state index < -0.39 is 11.6 Å². The van der Waals surface area contributed by atoms with Crippen LogP contribution in [0.15, 0.2) is 45.6 Å². The number of H-pyrrole nitrogens is 1. The number of nitrogens with zero attached hydrogens (tertiary/aromatic N) is 1. The molecule has 1 aliphatic rings. The van der Waals surface area contributed by atoms with Crippen LogP contribution in [0.2, 0.25) is 5.02 Å². The summed E-state index contributed by atoms with van der Waals surface area (Å²) < 4.78 is 18.3. The number of nitrogens with one attached hydrogen (secondary N) is 2. The van der Waals surface area contributed by atoms with Crippen LogP contribution in [0.3, 0.4) is 0 Å². The van der Waals surface area contributed by atoms with E-state index in [0.717, 1.165) is 31.6 Å². The van der Waals surface area contributed by atoms with Crippen LogP contribution in [0.1, 0.15) is 19.3 Å². The van der Waals surface area contributed by atoms with Gasteiger partial charge in [0.1, 0.15) is 5.82 Å². The zero-order valence-corrected chi connectivity index (χ0v) is 15.8. The van der Waals surface area contributed by atoms with E-state index in [2.05, 4.69) is 15.2 Å².